The molecule has 0 spiro atoms. The molecule has 7 heteroatoms. The number of halogens is 3. The van der Waals surface area contributed by atoms with E-state index in [4.69, 9.17) is 34.8 Å². The molecule has 2 aromatic rings. The van der Waals surface area contributed by atoms with Crippen LogP contribution in [0.1, 0.15) is 38.3 Å². The molecule has 2 amide bonds. The topological polar surface area (TPSA) is 49.4 Å². The van der Waals surface area contributed by atoms with Crippen LogP contribution in [0.3, 0.4) is 0 Å². The Morgan fingerprint density at radius 2 is 1.67 bits per heavy atom. The third kappa shape index (κ3) is 7.19. The van der Waals surface area contributed by atoms with Gasteiger partial charge >= 0.3 is 0 Å². The van der Waals surface area contributed by atoms with Crippen LogP contribution in [0.5, 0.6) is 0 Å². The molecule has 0 aliphatic rings. The molecule has 162 valence electrons. The molecule has 0 aromatic heterocycles. The first kappa shape index (κ1) is 24.5. The molecule has 1 unspecified atom stereocenters. The van der Waals surface area contributed by atoms with Crippen molar-refractivity contribution in [1.82, 2.24) is 10.2 Å². The van der Waals surface area contributed by atoms with E-state index in [-0.39, 0.29) is 24.8 Å². The van der Waals surface area contributed by atoms with Crippen molar-refractivity contribution in [3.05, 3.63) is 68.7 Å². The molecule has 0 radical (unpaired) electrons. The molecular weight excluding hydrogens is 443 g/mol. The van der Waals surface area contributed by atoms with Gasteiger partial charge in [-0.3, -0.25) is 9.59 Å². The van der Waals surface area contributed by atoms with Crippen molar-refractivity contribution in [3.8, 4) is 0 Å². The quantitative estimate of drug-likeness (QED) is 0.507. The van der Waals surface area contributed by atoms with Gasteiger partial charge in [-0.25, -0.2) is 0 Å². The average Bonchev–Trinajstić information content (AvgIpc) is 2.70. The lowest BCUT2D eigenvalue weighted by Crippen LogP contribution is -2.48. The number of benzene rings is 2. The predicted octanol–water partition coefficient (Wildman–Crippen LogP) is 5.77. The minimum atomic E-state index is -0.644. The van der Waals surface area contributed by atoms with Gasteiger partial charge in [0.2, 0.25) is 11.8 Å². The van der Waals surface area contributed by atoms with Crippen molar-refractivity contribution in [1.29, 1.82) is 0 Å². The highest BCUT2D eigenvalue weighted by Crippen LogP contribution is 2.24. The van der Waals surface area contributed by atoms with E-state index < -0.39 is 6.04 Å². The van der Waals surface area contributed by atoms with Crippen LogP contribution in [-0.4, -0.2) is 29.3 Å². The smallest absolute Gasteiger partial charge is 0.242 e. The standard InChI is InChI=1S/C23H27Cl3N2O2/c1-15(2)13-27-23(30)16(3)28(14-18-8-10-19(24)12-21(18)26)22(29)11-9-17-6-4-5-7-20(17)25/h4-8,10,12,15-16H,9,11,13-14H2,1-3H3,(H,27,30). The monoisotopic (exact) mass is 468 g/mol. The average molecular weight is 470 g/mol. The molecule has 1 atom stereocenters. The van der Waals surface area contributed by atoms with Gasteiger partial charge in [0.25, 0.3) is 0 Å². The molecule has 4 nitrogen and oxygen atoms in total. The number of hydrogen-bond acceptors (Lipinski definition) is 2. The van der Waals surface area contributed by atoms with Gasteiger partial charge in [0, 0.05) is 34.6 Å². The maximum atomic E-state index is 13.1. The van der Waals surface area contributed by atoms with Crippen LogP contribution in [0.25, 0.3) is 0 Å². The van der Waals surface area contributed by atoms with Gasteiger partial charge in [-0.1, -0.05) is 72.9 Å². The molecule has 0 saturated carbocycles. The molecule has 1 N–H and O–H groups in total. The van der Waals surface area contributed by atoms with E-state index in [1.165, 1.54) is 0 Å². The van der Waals surface area contributed by atoms with Gasteiger partial charge in [0.05, 0.1) is 0 Å². The lowest BCUT2D eigenvalue weighted by atomic mass is 10.1. The van der Waals surface area contributed by atoms with Crippen LogP contribution in [0.2, 0.25) is 15.1 Å². The fraction of sp³-hybridized carbons (Fsp3) is 0.391. The van der Waals surface area contributed by atoms with Gasteiger partial charge in [0.1, 0.15) is 6.04 Å². The number of nitrogens with one attached hydrogen (secondary N) is 1. The number of carbonyl (C=O) groups excluding carboxylic acids is 2. The Bertz CT molecular complexity index is 887. The second-order valence-electron chi connectivity index (χ2n) is 7.66. The Kier molecular flexibility index (Phi) is 9.47. The van der Waals surface area contributed by atoms with Crippen molar-refractivity contribution in [2.24, 2.45) is 5.92 Å². The second-order valence-corrected chi connectivity index (χ2v) is 8.91. The zero-order chi connectivity index (χ0) is 22.3. The number of nitrogens with zero attached hydrogens (tertiary/aromatic N) is 1. The summed E-state index contributed by atoms with van der Waals surface area (Å²) < 4.78 is 0. The zero-order valence-corrected chi connectivity index (χ0v) is 19.7. The van der Waals surface area contributed by atoms with Gasteiger partial charge in [-0.05, 0) is 48.6 Å². The van der Waals surface area contributed by atoms with E-state index in [2.05, 4.69) is 5.32 Å². The number of hydrogen-bond donors (Lipinski definition) is 1. The van der Waals surface area contributed by atoms with Gasteiger partial charge in [-0.15, -0.1) is 0 Å². The maximum absolute atomic E-state index is 13.1. The Morgan fingerprint density at radius 3 is 2.30 bits per heavy atom. The summed E-state index contributed by atoms with van der Waals surface area (Å²) >= 11 is 18.5. The largest absolute Gasteiger partial charge is 0.354 e. The Morgan fingerprint density at radius 1 is 0.967 bits per heavy atom. The number of rotatable bonds is 9. The fourth-order valence-electron chi connectivity index (χ4n) is 2.95. The Balaban J connectivity index is 2.19. The normalized spacial score (nSPS) is 12.0. The van der Waals surface area contributed by atoms with Crippen LogP contribution in [0.4, 0.5) is 0 Å². The van der Waals surface area contributed by atoms with E-state index in [0.717, 1.165) is 11.1 Å². The summed E-state index contributed by atoms with van der Waals surface area (Å²) in [6.07, 6.45) is 0.723. The van der Waals surface area contributed by atoms with Crippen LogP contribution in [0, 0.1) is 5.92 Å². The van der Waals surface area contributed by atoms with Crippen molar-refractivity contribution >= 4 is 46.6 Å². The van der Waals surface area contributed by atoms with Gasteiger partial charge in [0.15, 0.2) is 0 Å². The SMILES string of the molecule is CC(C)CNC(=O)C(C)N(Cc1ccc(Cl)cc1Cl)C(=O)CCc1ccccc1Cl. The minimum absolute atomic E-state index is 0.145. The third-order valence-corrected chi connectivity index (χ3v) is 5.73. The molecule has 0 aliphatic carbocycles. The molecule has 2 rings (SSSR count). The van der Waals surface area contributed by atoms with Crippen LogP contribution >= 0.6 is 34.8 Å². The summed E-state index contributed by atoms with van der Waals surface area (Å²) in [7, 11) is 0. The van der Waals surface area contributed by atoms with E-state index in [9.17, 15) is 9.59 Å². The molecule has 0 bridgehead atoms. The molecular formula is C23H27Cl3N2O2. The zero-order valence-electron chi connectivity index (χ0n) is 17.4. The summed E-state index contributed by atoms with van der Waals surface area (Å²) in [4.78, 5) is 27.4. The first-order valence-electron chi connectivity index (χ1n) is 9.93. The highest BCUT2D eigenvalue weighted by atomic mass is 35.5. The number of amides is 2. The summed E-state index contributed by atoms with van der Waals surface area (Å²) in [5, 5.41) is 4.50. The van der Waals surface area contributed by atoms with Crippen molar-refractivity contribution in [3.63, 3.8) is 0 Å². The van der Waals surface area contributed by atoms with Gasteiger partial charge in [-0.2, -0.15) is 0 Å². The summed E-state index contributed by atoms with van der Waals surface area (Å²) in [5.41, 5.74) is 1.63. The van der Waals surface area contributed by atoms with E-state index in [1.807, 2.05) is 32.0 Å². The van der Waals surface area contributed by atoms with Crippen LogP contribution in [-0.2, 0) is 22.6 Å². The van der Waals surface area contributed by atoms with Crippen molar-refractivity contribution < 1.29 is 9.59 Å². The first-order valence-corrected chi connectivity index (χ1v) is 11.1. The number of carbonyl (C=O) groups is 2. The Hall–Kier alpha value is -1.75. The highest BCUT2D eigenvalue weighted by Gasteiger charge is 2.26. The third-order valence-electron chi connectivity index (χ3n) is 4.77. The molecule has 0 aliphatic heterocycles. The van der Waals surface area contributed by atoms with Crippen molar-refractivity contribution in [2.45, 2.75) is 46.2 Å². The van der Waals surface area contributed by atoms with Crippen molar-refractivity contribution in [2.75, 3.05) is 6.54 Å². The number of aryl methyl sites for hydroxylation is 1. The Labute approximate surface area is 193 Å². The van der Waals surface area contributed by atoms with E-state index in [0.29, 0.717) is 34.0 Å². The second kappa shape index (κ2) is 11.6. The lowest BCUT2D eigenvalue weighted by molar-refractivity contribution is -0.140. The van der Waals surface area contributed by atoms with E-state index >= 15 is 0 Å². The maximum Gasteiger partial charge on any atom is 0.242 e. The summed E-state index contributed by atoms with van der Waals surface area (Å²) in [6, 6.07) is 11.9. The molecule has 2 aromatic carbocycles. The minimum Gasteiger partial charge on any atom is -0.354 e. The molecule has 0 fully saturated rings. The van der Waals surface area contributed by atoms with E-state index in [1.54, 1.807) is 36.1 Å². The van der Waals surface area contributed by atoms with Crippen LogP contribution < -0.4 is 5.32 Å². The van der Waals surface area contributed by atoms with Gasteiger partial charge < -0.3 is 10.2 Å². The van der Waals surface area contributed by atoms with Crippen LogP contribution in [0.15, 0.2) is 42.5 Å². The highest BCUT2D eigenvalue weighted by molar-refractivity contribution is 6.35. The predicted molar refractivity (Wildman–Crippen MR) is 124 cm³/mol. The summed E-state index contributed by atoms with van der Waals surface area (Å²) in [6.45, 7) is 6.53. The molecule has 0 heterocycles. The first-order chi connectivity index (χ1) is 14.2. The summed E-state index contributed by atoms with van der Waals surface area (Å²) in [5.74, 6) is -0.0238. The molecule has 30 heavy (non-hydrogen) atoms. The fourth-order valence-corrected chi connectivity index (χ4v) is 3.65. The molecule has 0 saturated heterocycles. The lowest BCUT2D eigenvalue weighted by Gasteiger charge is -2.29.